The number of carbonyl (C=O) groups is 2. The number of aliphatic hydroxyl groups excluding tert-OH is 2. The van der Waals surface area contributed by atoms with Crippen LogP contribution >= 0.6 is 0 Å². The number of ether oxygens (including phenoxy) is 1. The van der Waals surface area contributed by atoms with E-state index >= 15 is 0 Å². The van der Waals surface area contributed by atoms with Crippen molar-refractivity contribution in [3.63, 3.8) is 0 Å². The van der Waals surface area contributed by atoms with Crippen molar-refractivity contribution in [1.29, 1.82) is 0 Å². The molecule has 0 saturated carbocycles. The second-order valence-electron chi connectivity index (χ2n) is 31.3. The molecule has 572 valence electrons. The molecular formula is C90H177NO5. The molecule has 96 heavy (non-hydrogen) atoms. The summed E-state index contributed by atoms with van der Waals surface area (Å²) < 4.78 is 5.52. The molecule has 6 nitrogen and oxygen atoms in total. The highest BCUT2D eigenvalue weighted by Crippen LogP contribution is 2.22. The summed E-state index contributed by atoms with van der Waals surface area (Å²) in [5, 5.41) is 23.5. The van der Waals surface area contributed by atoms with Crippen LogP contribution in [0.4, 0.5) is 0 Å². The summed E-state index contributed by atoms with van der Waals surface area (Å²) in [7, 11) is 0. The molecule has 0 aliphatic rings. The van der Waals surface area contributed by atoms with Crippen LogP contribution in [0.25, 0.3) is 0 Å². The zero-order valence-corrected chi connectivity index (χ0v) is 65.9. The fourth-order valence-corrected chi connectivity index (χ4v) is 14.8. The summed E-state index contributed by atoms with van der Waals surface area (Å²) in [6.07, 6.45) is 111. The van der Waals surface area contributed by atoms with Gasteiger partial charge in [0.05, 0.1) is 25.4 Å². The standard InChI is InChI=1S/C90H177NO5/c1-3-5-7-9-11-13-15-17-19-21-23-24-44-47-50-54-58-62-66-70-74-78-82-88(93)87(86-92)91-89(94)83-79-75-71-67-63-59-55-51-48-45-42-40-38-36-34-32-30-28-26-25-27-29-31-33-35-37-39-41-43-46-49-53-57-61-65-69-73-77-81-85-96-90(95)84-80-76-72-68-64-60-56-52-22-20-18-16-14-12-10-8-6-4-2/h20,22,87-88,92-93H,3-19,21,23-86H2,1-2H3,(H,91,94)/b22-20-. The molecule has 0 bridgehead atoms. The molecule has 2 atom stereocenters. The van der Waals surface area contributed by atoms with Crippen LogP contribution in [0, 0.1) is 0 Å². The zero-order chi connectivity index (χ0) is 69.1. The third-order valence-electron chi connectivity index (χ3n) is 21.6. The van der Waals surface area contributed by atoms with E-state index in [1.807, 2.05) is 0 Å². The molecule has 3 N–H and O–H groups in total. The second kappa shape index (κ2) is 86.0. The Bertz CT molecular complexity index is 1470. The predicted octanol–water partition coefficient (Wildman–Crippen LogP) is 30.2. The van der Waals surface area contributed by atoms with Gasteiger partial charge in [0, 0.05) is 12.8 Å². The molecular weight excluding hydrogens is 1170 g/mol. The first-order valence-corrected chi connectivity index (χ1v) is 44.9. The van der Waals surface area contributed by atoms with E-state index in [-0.39, 0.29) is 18.5 Å². The highest BCUT2D eigenvalue weighted by atomic mass is 16.5. The van der Waals surface area contributed by atoms with Crippen molar-refractivity contribution < 1.29 is 24.5 Å². The molecule has 1 amide bonds. The van der Waals surface area contributed by atoms with Crippen molar-refractivity contribution in [3.05, 3.63) is 12.2 Å². The van der Waals surface area contributed by atoms with Gasteiger partial charge < -0.3 is 20.3 Å². The first-order chi connectivity index (χ1) is 47.5. The lowest BCUT2D eigenvalue weighted by molar-refractivity contribution is -0.143. The van der Waals surface area contributed by atoms with Crippen LogP contribution in [-0.4, -0.2) is 47.4 Å². The van der Waals surface area contributed by atoms with E-state index < -0.39 is 12.1 Å². The van der Waals surface area contributed by atoms with Crippen LogP contribution in [0.5, 0.6) is 0 Å². The lowest BCUT2D eigenvalue weighted by Crippen LogP contribution is -2.45. The topological polar surface area (TPSA) is 95.9 Å². The average molecular weight is 1350 g/mol. The number of carbonyl (C=O) groups excluding carboxylic acids is 2. The van der Waals surface area contributed by atoms with Gasteiger partial charge in [-0.05, 0) is 51.4 Å². The van der Waals surface area contributed by atoms with Crippen LogP contribution in [0.3, 0.4) is 0 Å². The molecule has 0 saturated heterocycles. The largest absolute Gasteiger partial charge is 0.466 e. The molecule has 0 heterocycles. The average Bonchev–Trinajstić information content (AvgIpc) is 2.36. The highest BCUT2D eigenvalue weighted by Gasteiger charge is 2.20. The van der Waals surface area contributed by atoms with Crippen LogP contribution in [0.2, 0.25) is 0 Å². The first kappa shape index (κ1) is 94.6. The second-order valence-corrected chi connectivity index (χ2v) is 31.3. The van der Waals surface area contributed by atoms with Crippen LogP contribution in [0.1, 0.15) is 528 Å². The molecule has 0 rings (SSSR count). The lowest BCUT2D eigenvalue weighted by atomic mass is 10.0. The van der Waals surface area contributed by atoms with E-state index in [4.69, 9.17) is 4.74 Å². The van der Waals surface area contributed by atoms with Gasteiger partial charge in [-0.1, -0.05) is 475 Å². The number of aliphatic hydroxyl groups is 2. The highest BCUT2D eigenvalue weighted by molar-refractivity contribution is 5.76. The Morgan fingerprint density at radius 1 is 0.281 bits per heavy atom. The summed E-state index contributed by atoms with van der Waals surface area (Å²) in [6, 6.07) is -0.537. The zero-order valence-electron chi connectivity index (χ0n) is 65.9. The number of allylic oxidation sites excluding steroid dienone is 2. The SMILES string of the molecule is CCCCCCCCC/C=C\CCCCCCCCCC(=O)OCCCCCCCCCCCCCCCCCCCCCCCCCCCCCCCCCCCCCCCCCC(=O)NC(CO)C(O)CCCCCCCCCCCCCCCCCCCCCCCC. The van der Waals surface area contributed by atoms with Crippen molar-refractivity contribution in [1.82, 2.24) is 5.32 Å². The molecule has 0 aromatic rings. The number of rotatable bonds is 86. The maximum atomic E-state index is 12.6. The quantitative estimate of drug-likeness (QED) is 0.0320. The molecule has 0 radical (unpaired) electrons. The summed E-state index contributed by atoms with van der Waals surface area (Å²) in [6.45, 7) is 5.02. The van der Waals surface area contributed by atoms with E-state index in [0.29, 0.717) is 25.9 Å². The predicted molar refractivity (Wildman–Crippen MR) is 426 cm³/mol. The molecule has 0 aliphatic heterocycles. The Labute approximate surface area is 603 Å². The Balaban J connectivity index is 3.29. The van der Waals surface area contributed by atoms with Gasteiger partial charge in [0.1, 0.15) is 0 Å². The van der Waals surface area contributed by atoms with E-state index in [9.17, 15) is 19.8 Å². The Kier molecular flexibility index (Phi) is 84.8. The minimum absolute atomic E-state index is 0.0223. The van der Waals surface area contributed by atoms with E-state index in [0.717, 1.165) is 38.5 Å². The van der Waals surface area contributed by atoms with Crippen LogP contribution in [0.15, 0.2) is 12.2 Å². The summed E-state index contributed by atoms with van der Waals surface area (Å²) in [5.74, 6) is 0.000314. The normalized spacial score (nSPS) is 12.4. The molecule has 0 fully saturated rings. The Morgan fingerprint density at radius 3 is 0.740 bits per heavy atom. The Hall–Kier alpha value is -1.40. The number of hydrogen-bond donors (Lipinski definition) is 3. The number of amides is 1. The number of hydrogen-bond acceptors (Lipinski definition) is 5. The van der Waals surface area contributed by atoms with Gasteiger partial charge in [-0.25, -0.2) is 0 Å². The number of esters is 1. The van der Waals surface area contributed by atoms with Gasteiger partial charge in [0.25, 0.3) is 0 Å². The third kappa shape index (κ3) is 81.6. The Morgan fingerprint density at radius 2 is 0.490 bits per heavy atom. The van der Waals surface area contributed by atoms with Gasteiger partial charge in [-0.2, -0.15) is 0 Å². The van der Waals surface area contributed by atoms with Crippen molar-refractivity contribution in [2.45, 2.75) is 540 Å². The van der Waals surface area contributed by atoms with Gasteiger partial charge in [0.2, 0.25) is 5.91 Å². The van der Waals surface area contributed by atoms with Crippen LogP contribution in [-0.2, 0) is 14.3 Å². The van der Waals surface area contributed by atoms with Crippen molar-refractivity contribution in [2.24, 2.45) is 0 Å². The first-order valence-electron chi connectivity index (χ1n) is 44.9. The van der Waals surface area contributed by atoms with Crippen LogP contribution < -0.4 is 5.32 Å². The summed E-state index contributed by atoms with van der Waals surface area (Å²) >= 11 is 0. The molecule has 6 heteroatoms. The molecule has 0 aromatic heterocycles. The van der Waals surface area contributed by atoms with E-state index in [1.165, 1.54) is 456 Å². The number of nitrogens with one attached hydrogen (secondary N) is 1. The third-order valence-corrected chi connectivity index (χ3v) is 21.6. The molecule has 2 unspecified atom stereocenters. The molecule has 0 aromatic carbocycles. The summed E-state index contributed by atoms with van der Waals surface area (Å²) in [4.78, 5) is 24.7. The van der Waals surface area contributed by atoms with Gasteiger partial charge in [0.15, 0.2) is 0 Å². The van der Waals surface area contributed by atoms with Gasteiger partial charge in [-0.3, -0.25) is 9.59 Å². The lowest BCUT2D eigenvalue weighted by Gasteiger charge is -2.22. The van der Waals surface area contributed by atoms with Crippen molar-refractivity contribution in [2.75, 3.05) is 13.2 Å². The fraction of sp³-hybridized carbons (Fsp3) is 0.956. The maximum Gasteiger partial charge on any atom is 0.305 e. The van der Waals surface area contributed by atoms with Gasteiger partial charge in [-0.15, -0.1) is 0 Å². The molecule has 0 aliphatic carbocycles. The smallest absolute Gasteiger partial charge is 0.305 e. The van der Waals surface area contributed by atoms with Crippen molar-refractivity contribution in [3.8, 4) is 0 Å². The number of unbranched alkanes of at least 4 members (excludes halogenated alkanes) is 73. The minimum atomic E-state index is -0.661. The maximum absolute atomic E-state index is 12.6. The van der Waals surface area contributed by atoms with E-state index in [2.05, 4.69) is 31.3 Å². The monoisotopic (exact) mass is 1350 g/mol. The van der Waals surface area contributed by atoms with Gasteiger partial charge >= 0.3 is 5.97 Å². The minimum Gasteiger partial charge on any atom is -0.466 e. The van der Waals surface area contributed by atoms with Crippen molar-refractivity contribution >= 4 is 11.9 Å². The molecule has 0 spiro atoms. The van der Waals surface area contributed by atoms with E-state index in [1.54, 1.807) is 0 Å². The summed E-state index contributed by atoms with van der Waals surface area (Å²) in [5.41, 5.74) is 0. The fourth-order valence-electron chi connectivity index (χ4n) is 14.8.